The van der Waals surface area contributed by atoms with Gasteiger partial charge in [0.05, 0.1) is 17.3 Å². The zero-order valence-electron chi connectivity index (χ0n) is 23.2. The van der Waals surface area contributed by atoms with E-state index in [0.29, 0.717) is 42.9 Å². The van der Waals surface area contributed by atoms with Crippen molar-refractivity contribution in [2.24, 2.45) is 10.1 Å². The average molecular weight is 592 g/mol. The van der Waals surface area contributed by atoms with Gasteiger partial charge in [0.1, 0.15) is 5.75 Å². The van der Waals surface area contributed by atoms with Gasteiger partial charge in [0.25, 0.3) is 5.91 Å². The lowest BCUT2D eigenvalue weighted by atomic mass is 9.84. The van der Waals surface area contributed by atoms with Crippen LogP contribution in [0.5, 0.6) is 5.75 Å². The summed E-state index contributed by atoms with van der Waals surface area (Å²) in [5.74, 6) is -0.153. The fourth-order valence-electron chi connectivity index (χ4n) is 4.62. The molecule has 2 N–H and O–H groups in total. The molecule has 1 amide bonds. The Bertz CT molecular complexity index is 1560. The zero-order chi connectivity index (χ0) is 30.0. The third-order valence-electron chi connectivity index (χ3n) is 6.79. The number of sulfone groups is 1. The first kappa shape index (κ1) is 30.6. The van der Waals surface area contributed by atoms with Crippen molar-refractivity contribution in [3.63, 3.8) is 0 Å². The van der Waals surface area contributed by atoms with Crippen LogP contribution >= 0.6 is 0 Å². The normalized spacial score (nSPS) is 18.0. The van der Waals surface area contributed by atoms with Gasteiger partial charge < -0.3 is 19.9 Å². The van der Waals surface area contributed by atoms with E-state index in [1.165, 1.54) is 12.1 Å². The summed E-state index contributed by atoms with van der Waals surface area (Å²) in [7, 11) is -3.79. The zero-order valence-corrected chi connectivity index (χ0v) is 24.0. The number of aliphatic hydroxyl groups excluding tert-OH is 1. The molecule has 0 aromatic heterocycles. The molecule has 11 nitrogen and oxygen atoms in total. The van der Waals surface area contributed by atoms with Crippen molar-refractivity contribution in [2.75, 3.05) is 25.5 Å². The van der Waals surface area contributed by atoms with E-state index in [2.05, 4.69) is 15.3 Å². The molecule has 1 heterocycles. The largest absolute Gasteiger partial charge is 0.494 e. The predicted molar refractivity (Wildman–Crippen MR) is 158 cm³/mol. The average Bonchev–Trinajstić information content (AvgIpc) is 3.41. The molecule has 220 valence electrons. The first-order chi connectivity index (χ1) is 20.3. The Hall–Kier alpha value is -4.38. The van der Waals surface area contributed by atoms with Crippen LogP contribution in [0.25, 0.3) is 10.4 Å². The number of benzene rings is 3. The van der Waals surface area contributed by atoms with Crippen molar-refractivity contribution < 1.29 is 27.8 Å². The fourth-order valence-corrected chi connectivity index (χ4v) is 6.01. The number of azide groups is 1. The van der Waals surface area contributed by atoms with Gasteiger partial charge in [0.2, 0.25) is 5.90 Å². The summed E-state index contributed by atoms with van der Waals surface area (Å²) in [5, 5.41) is 15.7. The van der Waals surface area contributed by atoms with E-state index in [-0.39, 0.29) is 35.3 Å². The molecule has 4 rings (SSSR count). The molecule has 0 radical (unpaired) electrons. The molecule has 1 aliphatic rings. The van der Waals surface area contributed by atoms with Crippen molar-refractivity contribution >= 4 is 27.3 Å². The minimum Gasteiger partial charge on any atom is -0.494 e. The van der Waals surface area contributed by atoms with Crippen LogP contribution in [-0.2, 0) is 19.4 Å². The number of nitrogens with one attached hydrogen (secondary N) is 1. The van der Waals surface area contributed by atoms with Crippen LogP contribution in [0.15, 0.2) is 93.9 Å². The number of carbonyl (C=O) groups is 1. The maximum absolute atomic E-state index is 14.0. The number of nitrogens with zero attached hydrogens (tertiary/aromatic N) is 4. The molecule has 0 aliphatic carbocycles. The van der Waals surface area contributed by atoms with E-state index in [9.17, 15) is 18.7 Å². The standard InChI is InChI=1S/C30H33N5O6S/c1-2-18-32-29(37)30(17-21-42(38,39)24-9-4-3-5-10-24)27(25-11-6-7-12-26(25)34-35-31)41-28(33-30)22-13-15-23(16-14-22)40-20-8-19-36/h3-7,9-16,27,36H,2,8,17-21H2,1H3,(H,32,37)/t27-,30-/m1/s1. The fraction of sp³-hybridized carbons (Fsp3) is 0.333. The minimum absolute atomic E-state index is 0.0175. The van der Waals surface area contributed by atoms with Crippen molar-refractivity contribution in [3.8, 4) is 5.75 Å². The van der Waals surface area contributed by atoms with Gasteiger partial charge in [-0.3, -0.25) is 4.79 Å². The maximum atomic E-state index is 14.0. The molecule has 3 aromatic rings. The monoisotopic (exact) mass is 591 g/mol. The summed E-state index contributed by atoms with van der Waals surface area (Å²) >= 11 is 0. The van der Waals surface area contributed by atoms with E-state index in [1.54, 1.807) is 66.7 Å². The molecule has 0 unspecified atom stereocenters. The van der Waals surface area contributed by atoms with Crippen molar-refractivity contribution in [2.45, 2.75) is 42.7 Å². The molecule has 0 bridgehead atoms. The first-order valence-electron chi connectivity index (χ1n) is 13.7. The highest BCUT2D eigenvalue weighted by molar-refractivity contribution is 7.91. The lowest BCUT2D eigenvalue weighted by Crippen LogP contribution is -2.49. The summed E-state index contributed by atoms with van der Waals surface area (Å²) in [6.07, 6.45) is -0.136. The Balaban J connectivity index is 1.80. The minimum atomic E-state index is -3.79. The Labute approximate surface area is 244 Å². The molecule has 3 aromatic carbocycles. The van der Waals surface area contributed by atoms with Crippen LogP contribution in [0.1, 0.15) is 43.4 Å². The lowest BCUT2D eigenvalue weighted by molar-refractivity contribution is -0.129. The molecule has 0 saturated heterocycles. The Morgan fingerprint density at radius 1 is 1.12 bits per heavy atom. The number of ether oxygens (including phenoxy) is 2. The van der Waals surface area contributed by atoms with Crippen molar-refractivity contribution in [1.82, 2.24) is 5.32 Å². The van der Waals surface area contributed by atoms with E-state index in [0.717, 1.165) is 0 Å². The highest BCUT2D eigenvalue weighted by Crippen LogP contribution is 2.45. The number of aliphatic hydroxyl groups is 1. The van der Waals surface area contributed by atoms with Gasteiger partial charge in [0, 0.05) is 47.7 Å². The second kappa shape index (κ2) is 14.0. The highest BCUT2D eigenvalue weighted by atomic mass is 32.2. The molecule has 0 saturated carbocycles. The summed E-state index contributed by atoms with van der Waals surface area (Å²) in [4.78, 5) is 21.9. The van der Waals surface area contributed by atoms with Crippen molar-refractivity contribution in [1.29, 1.82) is 0 Å². The summed E-state index contributed by atoms with van der Waals surface area (Å²) < 4.78 is 38.7. The van der Waals surface area contributed by atoms with Crippen LogP contribution < -0.4 is 10.1 Å². The predicted octanol–water partition coefficient (Wildman–Crippen LogP) is 5.04. The molecule has 0 spiro atoms. The highest BCUT2D eigenvalue weighted by Gasteiger charge is 2.54. The topological polar surface area (TPSA) is 163 Å². The third kappa shape index (κ3) is 6.91. The van der Waals surface area contributed by atoms with Crippen LogP contribution in [0.2, 0.25) is 0 Å². The van der Waals surface area contributed by atoms with Gasteiger partial charge in [-0.2, -0.15) is 0 Å². The molecule has 0 fully saturated rings. The number of aliphatic imine (C=N–C) groups is 1. The van der Waals surface area contributed by atoms with Crippen LogP contribution in [0, 0.1) is 0 Å². The molecule has 42 heavy (non-hydrogen) atoms. The molecular weight excluding hydrogens is 558 g/mol. The second-order valence-electron chi connectivity index (χ2n) is 9.68. The van der Waals surface area contributed by atoms with Gasteiger partial charge >= 0.3 is 0 Å². The number of amides is 1. The van der Waals surface area contributed by atoms with E-state index >= 15 is 0 Å². The number of hydrogen-bond acceptors (Lipinski definition) is 8. The molecule has 2 atom stereocenters. The smallest absolute Gasteiger partial charge is 0.252 e. The number of carbonyl (C=O) groups excluding carboxylic acids is 1. The van der Waals surface area contributed by atoms with Crippen LogP contribution in [0.3, 0.4) is 0 Å². The summed E-state index contributed by atoms with van der Waals surface area (Å²) in [6.45, 7) is 2.62. The summed E-state index contributed by atoms with van der Waals surface area (Å²) in [5.41, 5.74) is 8.72. The Morgan fingerprint density at radius 2 is 1.83 bits per heavy atom. The van der Waals surface area contributed by atoms with E-state index in [1.807, 2.05) is 6.92 Å². The van der Waals surface area contributed by atoms with E-state index < -0.39 is 27.4 Å². The van der Waals surface area contributed by atoms with Gasteiger partial charge in [-0.15, -0.1) is 0 Å². The SMILES string of the molecule is CCCNC(=O)[C@]1(CCS(=O)(=O)c2ccccc2)N=C(c2ccc(OCCCO)cc2)O[C@@H]1c1ccccc1N=[N+]=[N-]. The molecule has 1 aliphatic heterocycles. The molecular formula is C30H33N5O6S. The lowest BCUT2D eigenvalue weighted by Gasteiger charge is -2.31. The van der Waals surface area contributed by atoms with E-state index in [4.69, 9.17) is 19.6 Å². The maximum Gasteiger partial charge on any atom is 0.252 e. The second-order valence-corrected chi connectivity index (χ2v) is 11.8. The first-order valence-corrected chi connectivity index (χ1v) is 15.3. The van der Waals surface area contributed by atoms with Crippen LogP contribution in [0.4, 0.5) is 5.69 Å². The van der Waals surface area contributed by atoms with Crippen LogP contribution in [-0.4, -0.2) is 56.4 Å². The quantitative estimate of drug-likeness (QED) is 0.115. The van der Waals surface area contributed by atoms with Gasteiger partial charge in [-0.1, -0.05) is 54.5 Å². The van der Waals surface area contributed by atoms with Gasteiger partial charge in [0.15, 0.2) is 21.5 Å². The summed E-state index contributed by atoms with van der Waals surface area (Å²) in [6, 6.07) is 21.6. The third-order valence-corrected chi connectivity index (χ3v) is 8.52. The van der Waals surface area contributed by atoms with Crippen molar-refractivity contribution in [3.05, 3.63) is 100 Å². The Morgan fingerprint density at radius 3 is 2.52 bits per heavy atom. The molecule has 12 heteroatoms. The van der Waals surface area contributed by atoms with Gasteiger partial charge in [-0.05, 0) is 48.4 Å². The number of hydrogen-bond donors (Lipinski definition) is 2. The van der Waals surface area contributed by atoms with Gasteiger partial charge in [-0.25, -0.2) is 13.4 Å². The number of rotatable bonds is 14. The Kier molecular flexibility index (Phi) is 10.2.